The molecule has 0 radical (unpaired) electrons. The molecule has 3 nitrogen and oxygen atoms in total. The minimum absolute atomic E-state index is 0.494. The minimum Gasteiger partial charge on any atom is -0.423 e. The molecule has 80 valence electrons. The van der Waals surface area contributed by atoms with Crippen molar-refractivity contribution >= 4 is 12.6 Å². The Hall–Kier alpha value is -1.65. The third kappa shape index (κ3) is 2.13. The number of aryl methyl sites for hydroxylation is 1. The lowest BCUT2D eigenvalue weighted by Gasteiger charge is -2.07. The van der Waals surface area contributed by atoms with Crippen LogP contribution in [0.25, 0.3) is 11.1 Å². The van der Waals surface area contributed by atoms with E-state index in [0.717, 1.165) is 16.7 Å². The second-order valence-electron chi connectivity index (χ2n) is 3.69. The molecule has 0 aliphatic carbocycles. The molecule has 0 fully saturated rings. The van der Waals surface area contributed by atoms with Gasteiger partial charge in [0.25, 0.3) is 0 Å². The molecule has 0 aliphatic heterocycles. The molecule has 2 N–H and O–H groups in total. The Morgan fingerprint density at radius 1 is 1.19 bits per heavy atom. The fourth-order valence-corrected chi connectivity index (χ4v) is 1.66. The molecule has 1 heterocycles. The molecule has 0 bridgehead atoms. The molecule has 16 heavy (non-hydrogen) atoms. The van der Waals surface area contributed by atoms with Crippen LogP contribution in [-0.2, 0) is 0 Å². The van der Waals surface area contributed by atoms with Crippen LogP contribution in [0.15, 0.2) is 42.7 Å². The van der Waals surface area contributed by atoms with Crippen molar-refractivity contribution in [3.05, 3.63) is 48.3 Å². The fourth-order valence-electron chi connectivity index (χ4n) is 1.66. The highest BCUT2D eigenvalue weighted by atomic mass is 16.4. The maximum atomic E-state index is 9.11. The van der Waals surface area contributed by atoms with E-state index < -0.39 is 7.12 Å². The second-order valence-corrected chi connectivity index (χ2v) is 3.69. The summed E-state index contributed by atoms with van der Waals surface area (Å²) in [6.07, 6.45) is 3.52. The molecule has 0 amide bonds. The third-order valence-electron chi connectivity index (χ3n) is 2.52. The number of hydrogen-bond donors (Lipinski definition) is 2. The lowest BCUT2D eigenvalue weighted by atomic mass is 9.79. The van der Waals surface area contributed by atoms with E-state index in [1.54, 1.807) is 24.5 Å². The third-order valence-corrected chi connectivity index (χ3v) is 2.52. The van der Waals surface area contributed by atoms with E-state index in [4.69, 9.17) is 10.0 Å². The molecule has 1 aromatic heterocycles. The zero-order valence-electron chi connectivity index (χ0n) is 8.96. The summed E-state index contributed by atoms with van der Waals surface area (Å²) >= 11 is 0. The van der Waals surface area contributed by atoms with Crippen LogP contribution in [0.3, 0.4) is 0 Å². The van der Waals surface area contributed by atoms with Crippen molar-refractivity contribution in [3.8, 4) is 11.1 Å². The first-order valence-corrected chi connectivity index (χ1v) is 5.05. The normalized spacial score (nSPS) is 10.2. The Morgan fingerprint density at radius 2 is 2.00 bits per heavy atom. The van der Waals surface area contributed by atoms with Crippen LogP contribution in [0.5, 0.6) is 0 Å². The van der Waals surface area contributed by atoms with Gasteiger partial charge in [0, 0.05) is 12.4 Å². The average Bonchev–Trinajstić information content (AvgIpc) is 2.30. The molecule has 0 saturated heterocycles. The van der Waals surface area contributed by atoms with Gasteiger partial charge in [0.05, 0.1) is 0 Å². The highest BCUT2D eigenvalue weighted by molar-refractivity contribution is 6.58. The van der Waals surface area contributed by atoms with E-state index in [1.807, 2.05) is 25.1 Å². The monoisotopic (exact) mass is 213 g/mol. The first-order chi connectivity index (χ1) is 7.68. The quantitative estimate of drug-likeness (QED) is 0.723. The van der Waals surface area contributed by atoms with E-state index in [2.05, 4.69) is 4.98 Å². The average molecular weight is 213 g/mol. The molecule has 0 atom stereocenters. The van der Waals surface area contributed by atoms with E-state index >= 15 is 0 Å². The van der Waals surface area contributed by atoms with Crippen molar-refractivity contribution in [2.24, 2.45) is 0 Å². The van der Waals surface area contributed by atoms with Crippen LogP contribution in [0.4, 0.5) is 0 Å². The van der Waals surface area contributed by atoms with Crippen LogP contribution in [0.1, 0.15) is 5.56 Å². The van der Waals surface area contributed by atoms with Gasteiger partial charge in [0.2, 0.25) is 0 Å². The van der Waals surface area contributed by atoms with Gasteiger partial charge >= 0.3 is 7.12 Å². The van der Waals surface area contributed by atoms with Crippen molar-refractivity contribution in [1.82, 2.24) is 4.98 Å². The standard InChI is InChI=1S/C12H12BNO2/c1-9-8-14-6-5-12(9)10-3-2-4-11(7-10)13(15)16/h2-8,15-16H,1H3. The van der Waals surface area contributed by atoms with Gasteiger partial charge in [-0.1, -0.05) is 24.3 Å². The summed E-state index contributed by atoms with van der Waals surface area (Å²) in [5.41, 5.74) is 3.57. The number of aromatic nitrogens is 1. The summed E-state index contributed by atoms with van der Waals surface area (Å²) in [5.74, 6) is 0. The first kappa shape index (κ1) is 10.9. The molecular formula is C12H12BNO2. The fraction of sp³-hybridized carbons (Fsp3) is 0.0833. The summed E-state index contributed by atoms with van der Waals surface area (Å²) in [6.45, 7) is 1.98. The van der Waals surface area contributed by atoms with Crippen molar-refractivity contribution in [2.75, 3.05) is 0 Å². The first-order valence-electron chi connectivity index (χ1n) is 5.05. The van der Waals surface area contributed by atoms with Gasteiger partial charge in [-0.25, -0.2) is 0 Å². The number of hydrogen-bond acceptors (Lipinski definition) is 3. The highest BCUT2D eigenvalue weighted by Crippen LogP contribution is 2.20. The smallest absolute Gasteiger partial charge is 0.423 e. The number of nitrogens with zero attached hydrogens (tertiary/aromatic N) is 1. The Labute approximate surface area is 94.6 Å². The van der Waals surface area contributed by atoms with E-state index in [0.29, 0.717) is 5.46 Å². The van der Waals surface area contributed by atoms with E-state index in [9.17, 15) is 0 Å². The van der Waals surface area contributed by atoms with Crippen LogP contribution in [0.2, 0.25) is 0 Å². The Balaban J connectivity index is 2.49. The lowest BCUT2D eigenvalue weighted by molar-refractivity contribution is 0.426. The molecule has 4 heteroatoms. The summed E-state index contributed by atoms with van der Waals surface area (Å²) in [4.78, 5) is 4.03. The van der Waals surface area contributed by atoms with Crippen LogP contribution >= 0.6 is 0 Å². The maximum absolute atomic E-state index is 9.11. The SMILES string of the molecule is Cc1cnccc1-c1cccc(B(O)O)c1. The highest BCUT2D eigenvalue weighted by Gasteiger charge is 2.11. The topological polar surface area (TPSA) is 53.4 Å². The maximum Gasteiger partial charge on any atom is 0.488 e. The van der Waals surface area contributed by atoms with Gasteiger partial charge in [-0.05, 0) is 35.1 Å². The van der Waals surface area contributed by atoms with Crippen molar-refractivity contribution in [1.29, 1.82) is 0 Å². The second kappa shape index (κ2) is 4.47. The molecule has 0 unspecified atom stereocenters. The largest absolute Gasteiger partial charge is 0.488 e. The number of benzene rings is 1. The van der Waals surface area contributed by atoms with Gasteiger partial charge in [-0.2, -0.15) is 0 Å². The summed E-state index contributed by atoms with van der Waals surface area (Å²) in [6, 6.07) is 9.12. The lowest BCUT2D eigenvalue weighted by Crippen LogP contribution is -2.29. The molecule has 1 aromatic carbocycles. The molecule has 2 aromatic rings. The molecular weight excluding hydrogens is 201 g/mol. The number of rotatable bonds is 2. The Bertz CT molecular complexity index is 500. The van der Waals surface area contributed by atoms with E-state index in [-0.39, 0.29) is 0 Å². The minimum atomic E-state index is -1.43. The van der Waals surface area contributed by atoms with Gasteiger partial charge < -0.3 is 10.0 Å². The van der Waals surface area contributed by atoms with Gasteiger partial charge in [0.15, 0.2) is 0 Å². The molecule has 0 saturated carbocycles. The van der Waals surface area contributed by atoms with Crippen molar-refractivity contribution < 1.29 is 10.0 Å². The number of pyridine rings is 1. The van der Waals surface area contributed by atoms with Crippen molar-refractivity contribution in [2.45, 2.75) is 6.92 Å². The Kier molecular flexibility index (Phi) is 3.03. The van der Waals surface area contributed by atoms with Crippen LogP contribution in [0, 0.1) is 6.92 Å². The van der Waals surface area contributed by atoms with Crippen LogP contribution in [-0.4, -0.2) is 22.2 Å². The zero-order valence-corrected chi connectivity index (χ0v) is 8.96. The van der Waals surface area contributed by atoms with Gasteiger partial charge in [-0.15, -0.1) is 0 Å². The van der Waals surface area contributed by atoms with Gasteiger partial charge in [0.1, 0.15) is 0 Å². The van der Waals surface area contributed by atoms with E-state index in [1.165, 1.54) is 0 Å². The van der Waals surface area contributed by atoms with Gasteiger partial charge in [-0.3, -0.25) is 4.98 Å². The Morgan fingerprint density at radius 3 is 2.69 bits per heavy atom. The molecule has 0 aliphatic rings. The molecule has 2 rings (SSSR count). The predicted octanol–water partition coefficient (Wildman–Crippen LogP) is 0.737. The van der Waals surface area contributed by atoms with Crippen molar-refractivity contribution in [3.63, 3.8) is 0 Å². The predicted molar refractivity (Wildman–Crippen MR) is 64.2 cm³/mol. The summed E-state index contributed by atoms with van der Waals surface area (Å²) in [7, 11) is -1.43. The molecule has 0 spiro atoms. The summed E-state index contributed by atoms with van der Waals surface area (Å²) < 4.78 is 0. The summed E-state index contributed by atoms with van der Waals surface area (Å²) in [5, 5.41) is 18.2. The zero-order chi connectivity index (χ0) is 11.5. The van der Waals surface area contributed by atoms with Crippen LogP contribution < -0.4 is 5.46 Å².